The number of hydrogen-bond donors (Lipinski definition) is 5. The summed E-state index contributed by atoms with van der Waals surface area (Å²) < 4.78 is 7.11. The Balaban J connectivity index is 1.75. The minimum atomic E-state index is -1.36. The van der Waals surface area contributed by atoms with Gasteiger partial charge in [0.1, 0.15) is 30.2 Å². The number of anilines is 1. The average Bonchev–Trinajstić information content (AvgIpc) is 3.23. The molecule has 0 spiro atoms. The molecule has 3 rings (SSSR count). The molecule has 2 aromatic rings. The number of fused-ring (bicyclic) bond motifs is 1. The van der Waals surface area contributed by atoms with Crippen molar-refractivity contribution >= 4 is 22.9 Å². The number of aromatic nitrogens is 4. The number of hydroxylamine groups is 2. The lowest BCUT2D eigenvalue weighted by Gasteiger charge is -2.25. The van der Waals surface area contributed by atoms with Crippen molar-refractivity contribution in [3.05, 3.63) is 12.7 Å². The van der Waals surface area contributed by atoms with Crippen LogP contribution in [0.25, 0.3) is 11.2 Å². The largest absolute Gasteiger partial charge is 0.387 e. The monoisotopic (exact) mass is 395 g/mol. The van der Waals surface area contributed by atoms with E-state index < -0.39 is 36.5 Å². The van der Waals surface area contributed by atoms with Gasteiger partial charge in [-0.25, -0.2) is 20.0 Å². The highest BCUT2D eigenvalue weighted by molar-refractivity contribution is 5.81. The lowest BCUT2D eigenvalue weighted by atomic mass is 9.99. The van der Waals surface area contributed by atoms with Crippen molar-refractivity contribution in [2.24, 2.45) is 11.7 Å². The van der Waals surface area contributed by atoms with Crippen LogP contribution in [0.4, 0.5) is 5.82 Å². The molecule has 2 aromatic heterocycles. The molecular formula is C16H25N7O5. The van der Waals surface area contributed by atoms with Crippen molar-refractivity contribution in [1.29, 1.82) is 0 Å². The van der Waals surface area contributed by atoms with Gasteiger partial charge in [-0.2, -0.15) is 0 Å². The minimum absolute atomic E-state index is 0.127. The maximum Gasteiger partial charge on any atom is 0.263 e. The van der Waals surface area contributed by atoms with Crippen LogP contribution in [0.5, 0.6) is 0 Å². The highest BCUT2D eigenvalue weighted by Gasteiger charge is 2.45. The number of rotatable bonds is 6. The molecule has 7 N–H and O–H groups in total. The maximum absolute atomic E-state index is 12.2. The minimum Gasteiger partial charge on any atom is -0.387 e. The summed E-state index contributed by atoms with van der Waals surface area (Å²) in [5.74, 6) is -0.645. The number of aliphatic hydroxyl groups is 2. The quantitative estimate of drug-likeness (QED) is 0.288. The first-order chi connectivity index (χ1) is 13.3. The van der Waals surface area contributed by atoms with Gasteiger partial charge in [0.2, 0.25) is 0 Å². The molecule has 12 heteroatoms. The lowest BCUT2D eigenvalue weighted by Crippen LogP contribution is -2.49. The molecule has 1 aliphatic heterocycles. The van der Waals surface area contributed by atoms with Crippen LogP contribution < -0.4 is 11.5 Å². The Labute approximate surface area is 160 Å². The molecule has 0 bridgehead atoms. The standard InChI is InChI=1S/C16H25N7O5/c1-3-7(2)9(17)15(26)23(27)4-8-11(24)12(25)16(28-8)22-6-21-10-13(18)19-5-20-14(10)22/h5-9,11-12,16,24-25,27H,3-4,17H2,1-2H3,(H2,18,19,20)/t7-,8+,9-,11+,12+,16+/m0/s1. The summed E-state index contributed by atoms with van der Waals surface area (Å²) in [7, 11) is 0. The smallest absolute Gasteiger partial charge is 0.263 e. The van der Waals surface area contributed by atoms with Gasteiger partial charge in [-0.15, -0.1) is 0 Å². The molecule has 0 saturated carbocycles. The van der Waals surface area contributed by atoms with Gasteiger partial charge in [0.25, 0.3) is 5.91 Å². The Morgan fingerprint density at radius 1 is 1.36 bits per heavy atom. The molecule has 0 radical (unpaired) electrons. The molecule has 1 aliphatic rings. The third-order valence-electron chi connectivity index (χ3n) is 5.15. The number of imidazole rings is 1. The second kappa shape index (κ2) is 7.93. The summed E-state index contributed by atoms with van der Waals surface area (Å²) in [5.41, 5.74) is 12.2. The Hall–Kier alpha value is -2.38. The summed E-state index contributed by atoms with van der Waals surface area (Å²) in [6.45, 7) is 3.33. The number of nitrogens with two attached hydrogens (primary N) is 2. The summed E-state index contributed by atoms with van der Waals surface area (Å²) in [5, 5.41) is 31.3. The zero-order chi connectivity index (χ0) is 20.6. The van der Waals surface area contributed by atoms with Crippen LogP contribution in [0.15, 0.2) is 12.7 Å². The van der Waals surface area contributed by atoms with Crippen LogP contribution in [0.3, 0.4) is 0 Å². The molecule has 1 fully saturated rings. The highest BCUT2D eigenvalue weighted by atomic mass is 16.6. The average molecular weight is 395 g/mol. The molecule has 0 aliphatic carbocycles. The SMILES string of the molecule is CC[C@H](C)[C@H](N)C(=O)N(O)C[C@H]1O[C@@H](n2cnc3c(N)ncnc32)[C@H](O)[C@@H]1O. The van der Waals surface area contributed by atoms with Gasteiger partial charge in [-0.3, -0.25) is 14.6 Å². The van der Waals surface area contributed by atoms with E-state index in [0.717, 1.165) is 0 Å². The van der Waals surface area contributed by atoms with E-state index in [-0.39, 0.29) is 18.3 Å². The van der Waals surface area contributed by atoms with Gasteiger partial charge < -0.3 is 26.4 Å². The van der Waals surface area contributed by atoms with Gasteiger partial charge in [-0.05, 0) is 5.92 Å². The third kappa shape index (κ3) is 3.52. The van der Waals surface area contributed by atoms with Crippen molar-refractivity contribution in [3.8, 4) is 0 Å². The van der Waals surface area contributed by atoms with E-state index in [4.69, 9.17) is 16.2 Å². The first-order valence-electron chi connectivity index (χ1n) is 8.96. The first-order valence-corrected chi connectivity index (χ1v) is 8.96. The predicted molar refractivity (Wildman–Crippen MR) is 96.6 cm³/mol. The molecule has 6 atom stereocenters. The predicted octanol–water partition coefficient (Wildman–Crippen LogP) is -1.38. The fourth-order valence-corrected chi connectivity index (χ4v) is 3.10. The van der Waals surface area contributed by atoms with E-state index in [1.807, 2.05) is 6.92 Å². The molecule has 1 amide bonds. The van der Waals surface area contributed by atoms with E-state index in [1.54, 1.807) is 6.92 Å². The van der Waals surface area contributed by atoms with Crippen LogP contribution in [0.2, 0.25) is 0 Å². The number of amides is 1. The normalized spacial score (nSPS) is 27.1. The second-order valence-corrected chi connectivity index (χ2v) is 6.96. The molecule has 28 heavy (non-hydrogen) atoms. The number of nitrogen functional groups attached to an aromatic ring is 1. The van der Waals surface area contributed by atoms with Crippen LogP contribution in [0, 0.1) is 5.92 Å². The van der Waals surface area contributed by atoms with Crippen molar-refractivity contribution in [1.82, 2.24) is 24.6 Å². The Bertz CT molecular complexity index is 846. The molecular weight excluding hydrogens is 370 g/mol. The zero-order valence-corrected chi connectivity index (χ0v) is 15.6. The Morgan fingerprint density at radius 2 is 2.07 bits per heavy atom. The van der Waals surface area contributed by atoms with Gasteiger partial charge in [0.15, 0.2) is 17.7 Å². The zero-order valence-electron chi connectivity index (χ0n) is 15.6. The van der Waals surface area contributed by atoms with Crippen molar-refractivity contribution in [2.75, 3.05) is 12.3 Å². The van der Waals surface area contributed by atoms with Crippen molar-refractivity contribution in [3.63, 3.8) is 0 Å². The molecule has 0 unspecified atom stereocenters. The maximum atomic E-state index is 12.2. The first kappa shape index (κ1) is 20.4. The van der Waals surface area contributed by atoms with E-state index in [9.17, 15) is 20.2 Å². The number of carbonyl (C=O) groups is 1. The third-order valence-corrected chi connectivity index (χ3v) is 5.15. The number of carbonyl (C=O) groups excluding carboxylic acids is 1. The van der Waals surface area contributed by atoms with Gasteiger partial charge in [-0.1, -0.05) is 20.3 Å². The van der Waals surface area contributed by atoms with Crippen LogP contribution in [-0.4, -0.2) is 76.8 Å². The second-order valence-electron chi connectivity index (χ2n) is 6.96. The van der Waals surface area contributed by atoms with E-state index in [2.05, 4.69) is 15.0 Å². The van der Waals surface area contributed by atoms with Crippen molar-refractivity contribution in [2.45, 2.75) is 50.8 Å². The van der Waals surface area contributed by atoms with Crippen LogP contribution in [-0.2, 0) is 9.53 Å². The van der Waals surface area contributed by atoms with Gasteiger partial charge in [0, 0.05) is 0 Å². The summed E-state index contributed by atoms with van der Waals surface area (Å²) in [4.78, 5) is 24.3. The summed E-state index contributed by atoms with van der Waals surface area (Å²) in [6, 6.07) is -0.883. The molecule has 0 aromatic carbocycles. The van der Waals surface area contributed by atoms with Crippen LogP contribution >= 0.6 is 0 Å². The fraction of sp³-hybridized carbons (Fsp3) is 0.625. The van der Waals surface area contributed by atoms with Gasteiger partial charge >= 0.3 is 0 Å². The Kier molecular flexibility index (Phi) is 5.76. The molecule has 12 nitrogen and oxygen atoms in total. The number of nitrogens with zero attached hydrogens (tertiary/aromatic N) is 5. The topological polar surface area (TPSA) is 186 Å². The van der Waals surface area contributed by atoms with Crippen LogP contribution in [0.1, 0.15) is 26.5 Å². The number of ether oxygens (including phenoxy) is 1. The van der Waals surface area contributed by atoms with E-state index in [1.165, 1.54) is 17.2 Å². The summed E-state index contributed by atoms with van der Waals surface area (Å²) in [6.07, 6.45) is -1.51. The summed E-state index contributed by atoms with van der Waals surface area (Å²) >= 11 is 0. The lowest BCUT2D eigenvalue weighted by molar-refractivity contribution is -0.178. The number of aliphatic hydroxyl groups excluding tert-OH is 2. The van der Waals surface area contributed by atoms with Crippen molar-refractivity contribution < 1.29 is 25.0 Å². The van der Waals surface area contributed by atoms with E-state index >= 15 is 0 Å². The van der Waals surface area contributed by atoms with Gasteiger partial charge in [0.05, 0.1) is 18.9 Å². The molecule has 154 valence electrons. The number of hydrogen-bond acceptors (Lipinski definition) is 10. The highest BCUT2D eigenvalue weighted by Crippen LogP contribution is 2.32. The molecule has 1 saturated heterocycles. The van der Waals surface area contributed by atoms with E-state index in [0.29, 0.717) is 22.6 Å². The fourth-order valence-electron chi connectivity index (χ4n) is 3.10. The molecule has 3 heterocycles. The Morgan fingerprint density at radius 3 is 2.75 bits per heavy atom.